The number of aromatic amines is 1. The fourth-order valence-corrected chi connectivity index (χ4v) is 3.35. The predicted octanol–water partition coefficient (Wildman–Crippen LogP) is 2.26. The van der Waals surface area contributed by atoms with E-state index >= 15 is 0 Å². The Balaban J connectivity index is 1.63. The van der Waals surface area contributed by atoms with Crippen molar-refractivity contribution in [2.24, 2.45) is 0 Å². The molecule has 3 aromatic rings. The third-order valence-electron chi connectivity index (χ3n) is 4.78. The first-order chi connectivity index (χ1) is 13.5. The van der Waals surface area contributed by atoms with Crippen molar-refractivity contribution >= 4 is 11.9 Å². The first-order valence-electron chi connectivity index (χ1n) is 8.94. The third kappa shape index (κ3) is 3.51. The van der Waals surface area contributed by atoms with Crippen molar-refractivity contribution in [2.45, 2.75) is 38.8 Å². The lowest BCUT2D eigenvalue weighted by Crippen LogP contribution is -2.39. The monoisotopic (exact) mass is 381 g/mol. The average Bonchev–Trinajstić information content (AvgIpc) is 3.34. The molecule has 1 unspecified atom stereocenters. The van der Waals surface area contributed by atoms with E-state index in [9.17, 15) is 9.59 Å². The maximum atomic E-state index is 12.7. The molecule has 9 heteroatoms. The Morgan fingerprint density at radius 2 is 2.21 bits per heavy atom. The minimum absolute atomic E-state index is 0.0891. The summed E-state index contributed by atoms with van der Waals surface area (Å²) in [5, 5.41) is 13.0. The quantitative estimate of drug-likeness (QED) is 0.694. The van der Waals surface area contributed by atoms with Crippen molar-refractivity contribution in [1.82, 2.24) is 25.0 Å². The van der Waals surface area contributed by atoms with Crippen LogP contribution in [-0.4, -0.2) is 42.0 Å². The van der Waals surface area contributed by atoms with Crippen molar-refractivity contribution in [3.8, 4) is 11.4 Å². The molecule has 0 aliphatic carbocycles. The van der Waals surface area contributed by atoms with Crippen LogP contribution in [0.3, 0.4) is 0 Å². The van der Waals surface area contributed by atoms with E-state index in [1.165, 1.54) is 0 Å². The van der Waals surface area contributed by atoms with E-state index < -0.39 is 12.0 Å². The molecule has 0 fully saturated rings. The predicted molar refractivity (Wildman–Crippen MR) is 96.9 cm³/mol. The van der Waals surface area contributed by atoms with E-state index in [0.717, 1.165) is 22.5 Å². The molecule has 4 rings (SSSR count). The third-order valence-corrected chi connectivity index (χ3v) is 4.78. The number of fused-ring (bicyclic) bond motifs is 1. The average molecular weight is 381 g/mol. The summed E-state index contributed by atoms with van der Waals surface area (Å²) in [5.41, 5.74) is 3.57. The van der Waals surface area contributed by atoms with Crippen molar-refractivity contribution in [1.29, 1.82) is 0 Å². The zero-order chi connectivity index (χ0) is 19.7. The van der Waals surface area contributed by atoms with Crippen LogP contribution in [0.2, 0.25) is 0 Å². The zero-order valence-electron chi connectivity index (χ0n) is 15.3. The Morgan fingerprint density at radius 1 is 1.36 bits per heavy atom. The molecule has 2 N–H and O–H groups in total. The standard InChI is InChI=1S/C19H19N5O4/c1-11-3-2-4-12(7-11)18-22-19(28-23-18)15-8-13-14(21-10-20-13)9-24(15)16(25)5-6-17(26)27/h2-4,7,10,15H,5-6,8-9H2,1H3,(H,20,21)(H,26,27). The number of amides is 1. The van der Waals surface area contributed by atoms with Crippen molar-refractivity contribution in [3.63, 3.8) is 0 Å². The van der Waals surface area contributed by atoms with Crippen LogP contribution in [0.15, 0.2) is 35.1 Å². The fourth-order valence-electron chi connectivity index (χ4n) is 3.35. The van der Waals surface area contributed by atoms with Gasteiger partial charge in [-0.15, -0.1) is 0 Å². The highest BCUT2D eigenvalue weighted by Crippen LogP contribution is 2.32. The number of hydrogen-bond acceptors (Lipinski definition) is 6. The van der Waals surface area contributed by atoms with Crippen molar-refractivity contribution in [3.05, 3.63) is 53.4 Å². The molecule has 0 saturated heterocycles. The molecule has 2 aromatic heterocycles. The van der Waals surface area contributed by atoms with Crippen LogP contribution >= 0.6 is 0 Å². The normalized spacial score (nSPS) is 16.0. The van der Waals surface area contributed by atoms with E-state index in [4.69, 9.17) is 9.63 Å². The number of carboxylic acid groups (broad SMARTS) is 1. The van der Waals surface area contributed by atoms with Crippen LogP contribution in [0.25, 0.3) is 11.4 Å². The van der Waals surface area contributed by atoms with Gasteiger partial charge in [-0.3, -0.25) is 9.59 Å². The second-order valence-corrected chi connectivity index (χ2v) is 6.79. The van der Waals surface area contributed by atoms with E-state index in [1.54, 1.807) is 11.2 Å². The van der Waals surface area contributed by atoms with Gasteiger partial charge in [-0.05, 0) is 13.0 Å². The number of imidazole rings is 1. The van der Waals surface area contributed by atoms with Gasteiger partial charge in [0.1, 0.15) is 6.04 Å². The Kier molecular flexibility index (Phi) is 4.64. The van der Waals surface area contributed by atoms with Crippen LogP contribution in [0.1, 0.15) is 41.7 Å². The number of aromatic nitrogens is 4. The van der Waals surface area contributed by atoms with Gasteiger partial charge >= 0.3 is 5.97 Å². The smallest absolute Gasteiger partial charge is 0.303 e. The molecule has 28 heavy (non-hydrogen) atoms. The minimum Gasteiger partial charge on any atom is -0.481 e. The Morgan fingerprint density at radius 3 is 3.00 bits per heavy atom. The molecule has 0 bridgehead atoms. The van der Waals surface area contributed by atoms with Crippen LogP contribution < -0.4 is 0 Å². The minimum atomic E-state index is -1.01. The van der Waals surface area contributed by atoms with Gasteiger partial charge < -0.3 is 19.5 Å². The molecule has 1 aliphatic heterocycles. The second-order valence-electron chi connectivity index (χ2n) is 6.79. The van der Waals surface area contributed by atoms with Gasteiger partial charge in [0.25, 0.3) is 0 Å². The number of carboxylic acids is 1. The van der Waals surface area contributed by atoms with Crippen molar-refractivity contribution < 1.29 is 19.2 Å². The highest BCUT2D eigenvalue weighted by Gasteiger charge is 2.36. The topological polar surface area (TPSA) is 125 Å². The fraction of sp³-hybridized carbons (Fsp3) is 0.316. The van der Waals surface area contributed by atoms with Crippen LogP contribution in [0, 0.1) is 6.92 Å². The number of hydrogen-bond donors (Lipinski definition) is 2. The molecule has 1 aliphatic rings. The zero-order valence-corrected chi connectivity index (χ0v) is 15.3. The summed E-state index contributed by atoms with van der Waals surface area (Å²) in [7, 11) is 0. The summed E-state index contributed by atoms with van der Waals surface area (Å²) in [4.78, 5) is 36.9. The maximum Gasteiger partial charge on any atom is 0.303 e. The summed E-state index contributed by atoms with van der Waals surface area (Å²) in [6.07, 6.45) is 1.69. The number of nitrogens with one attached hydrogen (secondary N) is 1. The lowest BCUT2D eigenvalue weighted by Gasteiger charge is -2.32. The van der Waals surface area contributed by atoms with Gasteiger partial charge in [0.15, 0.2) is 0 Å². The summed E-state index contributed by atoms with van der Waals surface area (Å²) in [5.74, 6) is -0.523. The first-order valence-corrected chi connectivity index (χ1v) is 8.94. The van der Waals surface area contributed by atoms with E-state index in [2.05, 4.69) is 20.1 Å². The maximum absolute atomic E-state index is 12.7. The highest BCUT2D eigenvalue weighted by atomic mass is 16.5. The molecule has 3 heterocycles. The summed E-state index contributed by atoms with van der Waals surface area (Å²) < 4.78 is 5.49. The van der Waals surface area contributed by atoms with Crippen LogP contribution in [0.4, 0.5) is 0 Å². The van der Waals surface area contributed by atoms with Gasteiger partial charge in [0.2, 0.25) is 17.6 Å². The van der Waals surface area contributed by atoms with Gasteiger partial charge in [0, 0.05) is 18.4 Å². The molecule has 0 radical (unpaired) electrons. The lowest BCUT2D eigenvalue weighted by molar-refractivity contribution is -0.142. The molecule has 1 amide bonds. The molecule has 0 saturated carbocycles. The SMILES string of the molecule is Cc1cccc(-c2noc(C3Cc4nc[nH]c4CN3C(=O)CCC(=O)O)n2)c1. The number of carbonyl (C=O) groups excluding carboxylic acids is 1. The van der Waals surface area contributed by atoms with E-state index in [-0.39, 0.29) is 18.7 Å². The summed E-state index contributed by atoms with van der Waals surface area (Å²) in [6.45, 7) is 2.27. The summed E-state index contributed by atoms with van der Waals surface area (Å²) >= 11 is 0. The van der Waals surface area contributed by atoms with Crippen molar-refractivity contribution in [2.75, 3.05) is 0 Å². The molecule has 9 nitrogen and oxygen atoms in total. The van der Waals surface area contributed by atoms with Gasteiger partial charge in [-0.2, -0.15) is 4.98 Å². The molecule has 1 atom stereocenters. The van der Waals surface area contributed by atoms with Gasteiger partial charge in [-0.25, -0.2) is 4.98 Å². The number of aryl methyl sites for hydroxylation is 1. The van der Waals surface area contributed by atoms with Gasteiger partial charge in [-0.1, -0.05) is 28.9 Å². The van der Waals surface area contributed by atoms with E-state index in [0.29, 0.717) is 24.7 Å². The molecule has 144 valence electrons. The number of benzene rings is 1. The highest BCUT2D eigenvalue weighted by molar-refractivity contribution is 5.81. The molecular weight excluding hydrogens is 362 g/mol. The number of rotatable bonds is 5. The number of H-pyrrole nitrogens is 1. The van der Waals surface area contributed by atoms with Crippen LogP contribution in [0.5, 0.6) is 0 Å². The number of aliphatic carboxylic acids is 1. The first kappa shape index (κ1) is 17.9. The number of nitrogens with zero attached hydrogens (tertiary/aromatic N) is 4. The Labute approximate surface area is 160 Å². The number of carbonyl (C=O) groups is 2. The second kappa shape index (κ2) is 7.26. The Hall–Kier alpha value is -3.49. The lowest BCUT2D eigenvalue weighted by atomic mass is 10.0. The van der Waals surface area contributed by atoms with Gasteiger partial charge in [0.05, 0.1) is 30.7 Å². The summed E-state index contributed by atoms with van der Waals surface area (Å²) in [6, 6.07) is 7.26. The molecule has 1 aromatic carbocycles. The largest absolute Gasteiger partial charge is 0.481 e. The molecule has 0 spiro atoms. The Bertz CT molecular complexity index is 1020. The van der Waals surface area contributed by atoms with Crippen LogP contribution in [-0.2, 0) is 22.6 Å². The molecular formula is C19H19N5O4. The van der Waals surface area contributed by atoms with E-state index in [1.807, 2.05) is 31.2 Å².